The quantitative estimate of drug-likeness (QED) is 0.248. The number of nitrogens with zero attached hydrogens (tertiary/aromatic N) is 2. The first-order valence-electron chi connectivity index (χ1n) is 13.2. The summed E-state index contributed by atoms with van der Waals surface area (Å²) in [4.78, 5) is 16.9. The SMILES string of the molecule is CCCN(CCC)c1ccc2cc(-c3ccc(/C=C(\C#N)C(=O)NCC4CC(O)CC(O)O4)s3)ccc2c1. The number of nitriles is 1. The molecule has 0 saturated carbocycles. The molecule has 3 aromatic rings. The Hall–Kier alpha value is -3.22. The normalized spacial score (nSPS) is 19.8. The summed E-state index contributed by atoms with van der Waals surface area (Å²) in [5.74, 6) is -0.512. The molecule has 0 spiro atoms. The Labute approximate surface area is 228 Å². The van der Waals surface area contributed by atoms with Gasteiger partial charge in [-0.1, -0.05) is 32.0 Å². The van der Waals surface area contributed by atoms with Crippen molar-refractivity contribution in [2.24, 2.45) is 0 Å². The van der Waals surface area contributed by atoms with Gasteiger partial charge in [-0.05, 0) is 65.6 Å². The van der Waals surface area contributed by atoms with E-state index >= 15 is 0 Å². The Morgan fingerprint density at radius 3 is 2.55 bits per heavy atom. The van der Waals surface area contributed by atoms with Crippen LogP contribution in [0.15, 0.2) is 54.1 Å². The number of aliphatic hydroxyl groups excluding tert-OH is 2. The van der Waals surface area contributed by atoms with Crippen LogP contribution < -0.4 is 10.2 Å². The number of fused-ring (bicyclic) bond motifs is 1. The highest BCUT2D eigenvalue weighted by Gasteiger charge is 2.27. The lowest BCUT2D eigenvalue weighted by molar-refractivity contribution is -0.187. The van der Waals surface area contributed by atoms with Crippen LogP contribution in [0.4, 0.5) is 5.69 Å². The van der Waals surface area contributed by atoms with Crippen molar-refractivity contribution in [2.45, 2.75) is 58.0 Å². The van der Waals surface area contributed by atoms with Gasteiger partial charge in [0, 0.05) is 47.9 Å². The van der Waals surface area contributed by atoms with E-state index < -0.39 is 24.4 Å². The van der Waals surface area contributed by atoms with Gasteiger partial charge >= 0.3 is 0 Å². The number of aliphatic hydroxyl groups is 2. The standard InChI is InChI=1S/C30H35N3O4S/c1-3-11-33(12-4-2)24-8-7-20-13-22(6-5-21(20)14-24)28-10-9-27(38-28)15-23(18-31)30(36)32-19-26-16-25(34)17-29(35)37-26/h5-10,13-15,25-26,29,34-35H,3-4,11-12,16-17,19H2,1-2H3,(H,32,36)/b23-15+. The van der Waals surface area contributed by atoms with Crippen molar-refractivity contribution in [3.63, 3.8) is 0 Å². The van der Waals surface area contributed by atoms with E-state index in [0.717, 1.165) is 41.2 Å². The zero-order valence-corrected chi connectivity index (χ0v) is 22.7. The topological polar surface area (TPSA) is 106 Å². The zero-order chi connectivity index (χ0) is 27.1. The maximum absolute atomic E-state index is 12.6. The molecular formula is C30H35N3O4S. The molecule has 3 atom stereocenters. The van der Waals surface area contributed by atoms with Crippen LogP contribution in [-0.2, 0) is 9.53 Å². The largest absolute Gasteiger partial charge is 0.393 e. The number of carbonyl (C=O) groups excluding carboxylic acids is 1. The molecule has 1 saturated heterocycles. The molecule has 1 aromatic heterocycles. The predicted molar refractivity (Wildman–Crippen MR) is 153 cm³/mol. The second-order valence-electron chi connectivity index (χ2n) is 9.65. The summed E-state index contributed by atoms with van der Waals surface area (Å²) in [6, 6.07) is 18.9. The highest BCUT2D eigenvalue weighted by atomic mass is 32.1. The Bertz CT molecular complexity index is 1310. The third-order valence-corrected chi connectivity index (χ3v) is 7.67. The van der Waals surface area contributed by atoms with E-state index in [1.165, 1.54) is 27.8 Å². The minimum Gasteiger partial charge on any atom is -0.393 e. The fraction of sp³-hybridized carbons (Fsp3) is 0.400. The van der Waals surface area contributed by atoms with Crippen molar-refractivity contribution in [1.82, 2.24) is 5.32 Å². The van der Waals surface area contributed by atoms with Gasteiger partial charge in [-0.3, -0.25) is 4.79 Å². The number of rotatable bonds is 10. The van der Waals surface area contributed by atoms with E-state index in [0.29, 0.717) is 6.42 Å². The van der Waals surface area contributed by atoms with Crippen LogP contribution in [0.1, 0.15) is 44.4 Å². The molecule has 200 valence electrons. The number of benzene rings is 2. The number of ether oxygens (including phenoxy) is 1. The fourth-order valence-corrected chi connectivity index (χ4v) is 5.72. The number of hydrogen-bond acceptors (Lipinski definition) is 7. The van der Waals surface area contributed by atoms with E-state index in [1.54, 1.807) is 6.08 Å². The van der Waals surface area contributed by atoms with Crippen molar-refractivity contribution in [2.75, 3.05) is 24.5 Å². The van der Waals surface area contributed by atoms with Gasteiger partial charge in [0.15, 0.2) is 6.29 Å². The number of hydrogen-bond donors (Lipinski definition) is 3. The molecule has 0 radical (unpaired) electrons. The van der Waals surface area contributed by atoms with Crippen LogP contribution in [0.3, 0.4) is 0 Å². The van der Waals surface area contributed by atoms with Crippen molar-refractivity contribution < 1.29 is 19.7 Å². The maximum atomic E-state index is 12.6. The van der Waals surface area contributed by atoms with Crippen molar-refractivity contribution in [1.29, 1.82) is 5.26 Å². The minimum atomic E-state index is -1.05. The molecular weight excluding hydrogens is 498 g/mol. The maximum Gasteiger partial charge on any atom is 0.262 e. The average molecular weight is 534 g/mol. The van der Waals surface area contributed by atoms with Crippen LogP contribution in [0.25, 0.3) is 27.3 Å². The third kappa shape index (κ3) is 7.00. The number of amides is 1. The summed E-state index contributed by atoms with van der Waals surface area (Å²) in [6.07, 6.45) is 2.06. The molecule has 1 amide bonds. The van der Waals surface area contributed by atoms with Crippen LogP contribution in [0.2, 0.25) is 0 Å². The first kappa shape index (κ1) is 27.8. The lowest BCUT2D eigenvalue weighted by Gasteiger charge is -2.30. The lowest BCUT2D eigenvalue weighted by atomic mass is 10.0. The molecule has 7 nitrogen and oxygen atoms in total. The Balaban J connectivity index is 1.45. The summed E-state index contributed by atoms with van der Waals surface area (Å²) < 4.78 is 5.34. The second-order valence-corrected chi connectivity index (χ2v) is 10.8. The summed E-state index contributed by atoms with van der Waals surface area (Å²) in [6.45, 7) is 6.61. The van der Waals surface area contributed by atoms with Gasteiger partial charge < -0.3 is 25.2 Å². The highest BCUT2D eigenvalue weighted by molar-refractivity contribution is 7.16. The first-order valence-corrected chi connectivity index (χ1v) is 14.0. The lowest BCUT2D eigenvalue weighted by Crippen LogP contribution is -2.42. The van der Waals surface area contributed by atoms with E-state index in [1.807, 2.05) is 18.2 Å². The molecule has 8 heteroatoms. The summed E-state index contributed by atoms with van der Waals surface area (Å²) in [5.41, 5.74) is 2.33. The van der Waals surface area contributed by atoms with Crippen molar-refractivity contribution in [3.8, 4) is 16.5 Å². The molecule has 0 bridgehead atoms. The monoisotopic (exact) mass is 533 g/mol. The van der Waals surface area contributed by atoms with Gasteiger partial charge in [-0.15, -0.1) is 11.3 Å². The van der Waals surface area contributed by atoms with Crippen LogP contribution >= 0.6 is 11.3 Å². The van der Waals surface area contributed by atoms with Gasteiger partial charge in [-0.25, -0.2) is 0 Å². The van der Waals surface area contributed by atoms with Gasteiger partial charge in [0.1, 0.15) is 11.6 Å². The Morgan fingerprint density at radius 2 is 1.84 bits per heavy atom. The van der Waals surface area contributed by atoms with Gasteiger partial charge in [0.05, 0.1) is 12.2 Å². The summed E-state index contributed by atoms with van der Waals surface area (Å²) >= 11 is 1.52. The fourth-order valence-electron chi connectivity index (χ4n) is 4.77. The van der Waals surface area contributed by atoms with E-state index in [4.69, 9.17) is 4.74 Å². The average Bonchev–Trinajstić information content (AvgIpc) is 3.38. The first-order chi connectivity index (χ1) is 18.4. The summed E-state index contributed by atoms with van der Waals surface area (Å²) in [5, 5.41) is 34.0. The zero-order valence-electron chi connectivity index (χ0n) is 21.9. The van der Waals surface area contributed by atoms with E-state index in [9.17, 15) is 20.3 Å². The van der Waals surface area contributed by atoms with Gasteiger partial charge in [0.2, 0.25) is 0 Å². The number of nitrogens with one attached hydrogen (secondary N) is 1. The summed E-state index contributed by atoms with van der Waals surface area (Å²) in [7, 11) is 0. The predicted octanol–water partition coefficient (Wildman–Crippen LogP) is 5.08. The Morgan fingerprint density at radius 1 is 1.11 bits per heavy atom. The molecule has 38 heavy (non-hydrogen) atoms. The molecule has 1 aliphatic heterocycles. The number of carbonyl (C=O) groups is 1. The van der Waals surface area contributed by atoms with Gasteiger partial charge in [-0.2, -0.15) is 5.26 Å². The molecule has 2 aromatic carbocycles. The highest BCUT2D eigenvalue weighted by Crippen LogP contribution is 2.33. The van der Waals surface area contributed by atoms with Crippen molar-refractivity contribution >= 4 is 39.8 Å². The van der Waals surface area contributed by atoms with Gasteiger partial charge in [0.25, 0.3) is 5.91 Å². The molecule has 4 rings (SSSR count). The van der Waals surface area contributed by atoms with E-state index in [-0.39, 0.29) is 18.5 Å². The second kappa shape index (κ2) is 13.0. The van der Waals surface area contributed by atoms with Crippen molar-refractivity contribution in [3.05, 3.63) is 59.0 Å². The molecule has 1 aliphatic rings. The molecule has 2 heterocycles. The molecule has 1 fully saturated rings. The minimum absolute atomic E-state index is 0.00920. The van der Waals surface area contributed by atoms with Crippen LogP contribution in [0.5, 0.6) is 0 Å². The third-order valence-electron chi connectivity index (χ3n) is 6.59. The Kier molecular flexibility index (Phi) is 9.53. The van der Waals surface area contributed by atoms with E-state index in [2.05, 4.69) is 60.5 Å². The van der Waals surface area contributed by atoms with Crippen LogP contribution in [-0.4, -0.2) is 54.3 Å². The number of anilines is 1. The van der Waals surface area contributed by atoms with Crippen LogP contribution in [0, 0.1) is 11.3 Å². The number of thiophene rings is 1. The molecule has 3 unspecified atom stereocenters. The molecule has 3 N–H and O–H groups in total. The smallest absolute Gasteiger partial charge is 0.262 e. The molecule has 0 aliphatic carbocycles.